The van der Waals surface area contributed by atoms with Crippen LogP contribution < -0.4 is 15.0 Å². The van der Waals surface area contributed by atoms with E-state index in [0.717, 1.165) is 17.8 Å². The quantitative estimate of drug-likeness (QED) is 0.642. The molecule has 6 heteroatoms. The lowest BCUT2D eigenvalue weighted by Crippen LogP contribution is -2.18. The first-order valence-corrected chi connectivity index (χ1v) is 9.21. The summed E-state index contributed by atoms with van der Waals surface area (Å²) in [5, 5.41) is 3.46. The second-order valence-electron chi connectivity index (χ2n) is 6.53. The van der Waals surface area contributed by atoms with Gasteiger partial charge in [-0.25, -0.2) is 0 Å². The summed E-state index contributed by atoms with van der Waals surface area (Å²) in [6.07, 6.45) is 3.29. The molecule has 1 heterocycles. The van der Waals surface area contributed by atoms with E-state index in [4.69, 9.17) is 16.3 Å². The molecule has 2 aromatic carbocycles. The summed E-state index contributed by atoms with van der Waals surface area (Å²) in [4.78, 5) is 19.0. The van der Waals surface area contributed by atoms with Gasteiger partial charge in [-0.3, -0.25) is 9.78 Å². The van der Waals surface area contributed by atoms with Gasteiger partial charge in [-0.15, -0.1) is 0 Å². The minimum absolute atomic E-state index is 0.262. The van der Waals surface area contributed by atoms with Gasteiger partial charge in [0, 0.05) is 30.9 Å². The number of pyridine rings is 1. The first-order valence-electron chi connectivity index (χ1n) is 8.83. The van der Waals surface area contributed by atoms with Crippen molar-refractivity contribution in [1.29, 1.82) is 0 Å². The number of amides is 1. The Bertz CT molecular complexity index is 977. The molecule has 0 atom stereocenters. The molecule has 0 bridgehead atoms. The van der Waals surface area contributed by atoms with Crippen molar-refractivity contribution in [2.75, 3.05) is 24.4 Å². The number of ether oxygens (including phenoxy) is 1. The lowest BCUT2D eigenvalue weighted by molar-refractivity contribution is 0.102. The van der Waals surface area contributed by atoms with Crippen molar-refractivity contribution in [2.45, 2.75) is 13.5 Å². The third kappa shape index (κ3) is 4.61. The molecule has 0 saturated carbocycles. The average Bonchev–Trinajstić information content (AvgIpc) is 2.71. The van der Waals surface area contributed by atoms with E-state index in [0.29, 0.717) is 22.0 Å². The van der Waals surface area contributed by atoms with Crippen LogP contribution in [0.2, 0.25) is 5.02 Å². The molecule has 1 aromatic heterocycles. The Balaban J connectivity index is 1.78. The first-order chi connectivity index (χ1) is 13.5. The van der Waals surface area contributed by atoms with Crippen LogP contribution in [0.15, 0.2) is 60.9 Å². The van der Waals surface area contributed by atoms with Gasteiger partial charge in [0.1, 0.15) is 5.75 Å². The van der Waals surface area contributed by atoms with Crippen LogP contribution >= 0.6 is 11.6 Å². The Morgan fingerprint density at radius 2 is 1.93 bits per heavy atom. The fraction of sp³-hybridized carbons (Fsp3) is 0.182. The van der Waals surface area contributed by atoms with Crippen molar-refractivity contribution in [3.63, 3.8) is 0 Å². The number of nitrogens with zero attached hydrogens (tertiary/aromatic N) is 2. The number of halogens is 1. The van der Waals surface area contributed by atoms with Gasteiger partial charge in [-0.1, -0.05) is 41.9 Å². The fourth-order valence-electron chi connectivity index (χ4n) is 2.83. The van der Waals surface area contributed by atoms with E-state index in [1.165, 1.54) is 12.7 Å². The standard InChI is InChI=1S/C22H22ClN3O2/c1-15-9-20(21(28-3)11-19(15)23)25-22(27)17-10-18(13-24-12-17)26(2)14-16-7-5-4-6-8-16/h4-13H,14H2,1-3H3,(H,25,27). The minimum Gasteiger partial charge on any atom is -0.495 e. The van der Waals surface area contributed by atoms with Crippen molar-refractivity contribution < 1.29 is 9.53 Å². The lowest BCUT2D eigenvalue weighted by atomic mass is 10.1. The zero-order chi connectivity index (χ0) is 20.1. The van der Waals surface area contributed by atoms with Crippen molar-refractivity contribution >= 4 is 28.9 Å². The summed E-state index contributed by atoms with van der Waals surface area (Å²) in [5.74, 6) is 0.247. The predicted octanol–water partition coefficient (Wildman–Crippen LogP) is 4.94. The van der Waals surface area contributed by atoms with Gasteiger partial charge in [0.15, 0.2) is 0 Å². The monoisotopic (exact) mass is 395 g/mol. The number of nitrogens with one attached hydrogen (secondary N) is 1. The maximum absolute atomic E-state index is 12.8. The summed E-state index contributed by atoms with van der Waals surface area (Å²) in [7, 11) is 3.51. The molecule has 0 radical (unpaired) electrons. The highest BCUT2D eigenvalue weighted by Gasteiger charge is 2.14. The molecule has 28 heavy (non-hydrogen) atoms. The predicted molar refractivity (Wildman–Crippen MR) is 113 cm³/mol. The number of carbonyl (C=O) groups excluding carboxylic acids is 1. The minimum atomic E-state index is -0.262. The Kier molecular flexibility index (Phi) is 6.16. The molecule has 0 aliphatic rings. The summed E-state index contributed by atoms with van der Waals surface area (Å²) < 4.78 is 5.32. The largest absolute Gasteiger partial charge is 0.495 e. The van der Waals surface area contributed by atoms with Crippen molar-refractivity contribution in [3.05, 3.63) is 82.6 Å². The molecule has 1 N–H and O–H groups in total. The summed E-state index contributed by atoms with van der Waals surface area (Å²) in [6.45, 7) is 2.59. The second kappa shape index (κ2) is 8.76. The third-order valence-corrected chi connectivity index (χ3v) is 4.83. The highest BCUT2D eigenvalue weighted by Crippen LogP contribution is 2.31. The molecule has 3 aromatic rings. The van der Waals surface area contributed by atoms with Crippen LogP contribution in [0, 0.1) is 6.92 Å². The Labute approximate surface area is 169 Å². The SMILES string of the molecule is COc1cc(Cl)c(C)cc1NC(=O)c1cncc(N(C)Cc2ccccc2)c1. The normalized spacial score (nSPS) is 10.4. The molecule has 0 spiro atoms. The maximum Gasteiger partial charge on any atom is 0.257 e. The molecular weight excluding hydrogens is 374 g/mol. The smallest absolute Gasteiger partial charge is 0.257 e. The molecule has 3 rings (SSSR count). The number of anilines is 2. The van der Waals surface area contributed by atoms with Crippen molar-refractivity contribution in [1.82, 2.24) is 4.98 Å². The average molecular weight is 396 g/mol. The summed E-state index contributed by atoms with van der Waals surface area (Å²) >= 11 is 6.13. The first kappa shape index (κ1) is 19.7. The number of hydrogen-bond acceptors (Lipinski definition) is 4. The zero-order valence-corrected chi connectivity index (χ0v) is 16.8. The van der Waals surface area contributed by atoms with E-state index < -0.39 is 0 Å². The number of rotatable bonds is 6. The summed E-state index contributed by atoms with van der Waals surface area (Å²) in [6, 6.07) is 15.4. The molecule has 0 saturated heterocycles. The van der Waals surface area contributed by atoms with Gasteiger partial charge in [-0.2, -0.15) is 0 Å². The molecule has 1 amide bonds. The van der Waals surface area contributed by atoms with E-state index >= 15 is 0 Å². The van der Waals surface area contributed by atoms with Gasteiger partial charge >= 0.3 is 0 Å². The van der Waals surface area contributed by atoms with Crippen LogP contribution in [0.4, 0.5) is 11.4 Å². The fourth-order valence-corrected chi connectivity index (χ4v) is 2.99. The van der Waals surface area contributed by atoms with Crippen LogP contribution in [-0.2, 0) is 6.54 Å². The number of methoxy groups -OCH3 is 1. The van der Waals surface area contributed by atoms with Crippen LogP contribution in [0.25, 0.3) is 0 Å². The number of aromatic nitrogens is 1. The lowest BCUT2D eigenvalue weighted by Gasteiger charge is -2.19. The molecular formula is C22H22ClN3O2. The Morgan fingerprint density at radius 1 is 1.18 bits per heavy atom. The van der Waals surface area contributed by atoms with Crippen molar-refractivity contribution in [3.8, 4) is 5.75 Å². The maximum atomic E-state index is 12.8. The van der Waals surface area contributed by atoms with Crippen LogP contribution in [0.1, 0.15) is 21.5 Å². The van der Waals surface area contributed by atoms with Crippen molar-refractivity contribution in [2.24, 2.45) is 0 Å². The van der Waals surface area contributed by atoms with Gasteiger partial charge in [0.25, 0.3) is 5.91 Å². The highest BCUT2D eigenvalue weighted by atomic mass is 35.5. The zero-order valence-electron chi connectivity index (χ0n) is 16.1. The molecule has 0 fully saturated rings. The van der Waals surface area contributed by atoms with Gasteiger partial charge in [0.2, 0.25) is 0 Å². The molecule has 144 valence electrons. The summed E-state index contributed by atoms with van der Waals surface area (Å²) in [5.41, 5.74) is 3.92. The third-order valence-electron chi connectivity index (χ3n) is 4.42. The molecule has 0 aliphatic heterocycles. The molecule has 5 nitrogen and oxygen atoms in total. The van der Waals surface area contributed by atoms with E-state index in [1.807, 2.05) is 43.1 Å². The molecule has 0 aliphatic carbocycles. The van der Waals surface area contributed by atoms with E-state index in [2.05, 4.69) is 22.4 Å². The molecule has 0 unspecified atom stereocenters. The van der Waals surface area contributed by atoms with E-state index in [-0.39, 0.29) is 5.91 Å². The van der Waals surface area contributed by atoms with E-state index in [9.17, 15) is 4.79 Å². The van der Waals surface area contributed by atoms with Crippen LogP contribution in [0.5, 0.6) is 5.75 Å². The van der Waals surface area contributed by atoms with E-state index in [1.54, 1.807) is 24.5 Å². The van der Waals surface area contributed by atoms with Crippen LogP contribution in [-0.4, -0.2) is 25.0 Å². The highest BCUT2D eigenvalue weighted by molar-refractivity contribution is 6.31. The van der Waals surface area contributed by atoms with Crippen LogP contribution in [0.3, 0.4) is 0 Å². The number of aryl methyl sites for hydroxylation is 1. The Morgan fingerprint density at radius 3 is 2.64 bits per heavy atom. The van der Waals surface area contributed by atoms with Gasteiger partial charge < -0.3 is 15.0 Å². The van der Waals surface area contributed by atoms with Gasteiger partial charge in [-0.05, 0) is 30.2 Å². The second-order valence-corrected chi connectivity index (χ2v) is 6.94. The number of hydrogen-bond donors (Lipinski definition) is 1. The topological polar surface area (TPSA) is 54.5 Å². The number of carbonyl (C=O) groups is 1. The van der Waals surface area contributed by atoms with Gasteiger partial charge in [0.05, 0.1) is 30.2 Å². The Hall–Kier alpha value is -3.05. The number of benzene rings is 2.